The molecule has 106 valence electrons. The Morgan fingerprint density at radius 3 is 2.63 bits per heavy atom. The van der Waals surface area contributed by atoms with Gasteiger partial charge in [-0.05, 0) is 44.0 Å². The molecule has 0 aliphatic heterocycles. The third kappa shape index (κ3) is 3.43. The van der Waals surface area contributed by atoms with E-state index in [1.165, 1.54) is 36.9 Å². The summed E-state index contributed by atoms with van der Waals surface area (Å²) in [6.07, 6.45) is 5.29. The van der Waals surface area contributed by atoms with Gasteiger partial charge in [-0.3, -0.25) is 0 Å². The fourth-order valence-electron chi connectivity index (χ4n) is 2.99. The Morgan fingerprint density at radius 2 is 2.05 bits per heavy atom. The fourth-order valence-corrected chi connectivity index (χ4v) is 3.31. The predicted molar refractivity (Wildman–Crippen MR) is 84.2 cm³/mol. The molecule has 0 spiro atoms. The minimum atomic E-state index is 0.355. The summed E-state index contributed by atoms with van der Waals surface area (Å²) in [6.45, 7) is 5.28. The molecule has 1 aromatic rings. The highest BCUT2D eigenvalue weighted by Gasteiger charge is 2.21. The molecule has 2 nitrogen and oxygen atoms in total. The maximum Gasteiger partial charge on any atom is 0.0642 e. The van der Waals surface area contributed by atoms with Gasteiger partial charge < -0.3 is 10.2 Å². The van der Waals surface area contributed by atoms with E-state index in [1.54, 1.807) is 0 Å². The quantitative estimate of drug-likeness (QED) is 0.860. The third-order valence-electron chi connectivity index (χ3n) is 4.23. The van der Waals surface area contributed by atoms with Gasteiger partial charge in [-0.25, -0.2) is 0 Å². The van der Waals surface area contributed by atoms with Gasteiger partial charge >= 0.3 is 0 Å². The highest BCUT2D eigenvalue weighted by Crippen LogP contribution is 2.33. The minimum absolute atomic E-state index is 0.355. The number of halogens is 1. The molecule has 1 aromatic carbocycles. The summed E-state index contributed by atoms with van der Waals surface area (Å²) in [7, 11) is 2.17. The van der Waals surface area contributed by atoms with Gasteiger partial charge in [0.2, 0.25) is 0 Å². The van der Waals surface area contributed by atoms with E-state index in [1.807, 2.05) is 0 Å². The van der Waals surface area contributed by atoms with Crippen molar-refractivity contribution in [3.8, 4) is 0 Å². The van der Waals surface area contributed by atoms with E-state index in [0.717, 1.165) is 11.6 Å². The maximum absolute atomic E-state index is 6.48. The highest BCUT2D eigenvalue weighted by molar-refractivity contribution is 6.33. The second-order valence-corrected chi connectivity index (χ2v) is 5.95. The van der Waals surface area contributed by atoms with Gasteiger partial charge in [-0.2, -0.15) is 0 Å². The Morgan fingerprint density at radius 1 is 1.37 bits per heavy atom. The molecule has 0 amide bonds. The number of benzene rings is 1. The van der Waals surface area contributed by atoms with Crippen LogP contribution in [0, 0.1) is 0 Å². The van der Waals surface area contributed by atoms with Gasteiger partial charge in [-0.1, -0.05) is 37.4 Å². The number of rotatable bonds is 5. The van der Waals surface area contributed by atoms with E-state index in [9.17, 15) is 0 Å². The van der Waals surface area contributed by atoms with Gasteiger partial charge in [0.05, 0.1) is 10.7 Å². The monoisotopic (exact) mass is 280 g/mol. The van der Waals surface area contributed by atoms with Crippen molar-refractivity contribution < 1.29 is 0 Å². The van der Waals surface area contributed by atoms with Crippen molar-refractivity contribution in [3.05, 3.63) is 28.8 Å². The molecule has 1 aliphatic carbocycles. The molecular weight excluding hydrogens is 256 g/mol. The van der Waals surface area contributed by atoms with Crippen LogP contribution in [0.2, 0.25) is 5.02 Å². The van der Waals surface area contributed by atoms with Crippen LogP contribution in [0.3, 0.4) is 0 Å². The molecule has 3 heteroatoms. The van der Waals surface area contributed by atoms with E-state index in [4.69, 9.17) is 11.6 Å². The Bertz CT molecular complexity index is 413. The highest BCUT2D eigenvalue weighted by atomic mass is 35.5. The molecule has 0 aromatic heterocycles. The SMILES string of the molecule is CCNC(C)c1ccc(N(C)C2CCCC2)c(Cl)c1. The predicted octanol–water partition coefficient (Wildman–Crippen LogP) is 4.39. The number of hydrogen-bond acceptors (Lipinski definition) is 2. The summed E-state index contributed by atoms with van der Waals surface area (Å²) < 4.78 is 0. The summed E-state index contributed by atoms with van der Waals surface area (Å²) in [5.74, 6) is 0. The first-order chi connectivity index (χ1) is 9.13. The summed E-state index contributed by atoms with van der Waals surface area (Å²) in [5, 5.41) is 4.29. The zero-order valence-electron chi connectivity index (χ0n) is 12.2. The number of nitrogens with one attached hydrogen (secondary N) is 1. The smallest absolute Gasteiger partial charge is 0.0642 e. The van der Waals surface area contributed by atoms with E-state index in [0.29, 0.717) is 12.1 Å². The minimum Gasteiger partial charge on any atom is -0.370 e. The Kier molecular flexibility index (Phi) is 5.12. The van der Waals surface area contributed by atoms with E-state index >= 15 is 0 Å². The molecule has 1 aliphatic rings. The lowest BCUT2D eigenvalue weighted by Crippen LogP contribution is -2.29. The van der Waals surface area contributed by atoms with Gasteiger partial charge in [-0.15, -0.1) is 0 Å². The molecule has 0 saturated heterocycles. The Hall–Kier alpha value is -0.730. The largest absolute Gasteiger partial charge is 0.370 e. The number of nitrogens with zero attached hydrogens (tertiary/aromatic N) is 1. The average Bonchev–Trinajstić information content (AvgIpc) is 2.92. The summed E-state index contributed by atoms with van der Waals surface area (Å²) >= 11 is 6.48. The summed E-state index contributed by atoms with van der Waals surface area (Å²) in [5.41, 5.74) is 2.43. The first kappa shape index (κ1) is 14.7. The molecule has 1 saturated carbocycles. The topological polar surface area (TPSA) is 15.3 Å². The standard InChI is InChI=1S/C16H25ClN2/c1-4-18-12(2)13-9-10-16(15(17)11-13)19(3)14-7-5-6-8-14/h9-12,14,18H,4-8H2,1-3H3. The van der Waals surface area contributed by atoms with Crippen LogP contribution in [0.4, 0.5) is 5.69 Å². The van der Waals surface area contributed by atoms with Crippen LogP contribution in [0.25, 0.3) is 0 Å². The lowest BCUT2D eigenvalue weighted by atomic mass is 10.1. The van der Waals surface area contributed by atoms with E-state index in [2.05, 4.69) is 49.3 Å². The molecule has 1 fully saturated rings. The first-order valence-electron chi connectivity index (χ1n) is 7.39. The molecule has 19 heavy (non-hydrogen) atoms. The van der Waals surface area contributed by atoms with E-state index in [-0.39, 0.29) is 0 Å². The number of anilines is 1. The van der Waals surface area contributed by atoms with Gasteiger partial charge in [0, 0.05) is 19.1 Å². The Balaban J connectivity index is 2.14. The van der Waals surface area contributed by atoms with Gasteiger partial charge in [0.25, 0.3) is 0 Å². The maximum atomic E-state index is 6.48. The molecule has 0 radical (unpaired) electrons. The fraction of sp³-hybridized carbons (Fsp3) is 0.625. The van der Waals surface area contributed by atoms with Crippen LogP contribution in [0.1, 0.15) is 51.1 Å². The van der Waals surface area contributed by atoms with Crippen molar-refractivity contribution in [2.75, 3.05) is 18.5 Å². The molecule has 0 heterocycles. The zero-order chi connectivity index (χ0) is 13.8. The van der Waals surface area contributed by atoms with Crippen molar-refractivity contribution in [1.82, 2.24) is 5.32 Å². The summed E-state index contributed by atoms with van der Waals surface area (Å²) in [4.78, 5) is 2.36. The molecule has 0 bridgehead atoms. The molecule has 1 N–H and O–H groups in total. The first-order valence-corrected chi connectivity index (χ1v) is 7.77. The second-order valence-electron chi connectivity index (χ2n) is 5.54. The van der Waals surface area contributed by atoms with Crippen LogP contribution in [-0.2, 0) is 0 Å². The van der Waals surface area contributed by atoms with Crippen molar-refractivity contribution in [2.45, 2.75) is 51.6 Å². The summed E-state index contributed by atoms with van der Waals surface area (Å²) in [6, 6.07) is 7.49. The van der Waals surface area contributed by atoms with Crippen LogP contribution >= 0.6 is 11.6 Å². The second kappa shape index (κ2) is 6.62. The van der Waals surface area contributed by atoms with Crippen molar-refractivity contribution >= 4 is 17.3 Å². The molecule has 2 rings (SSSR count). The van der Waals surface area contributed by atoms with Crippen LogP contribution in [-0.4, -0.2) is 19.6 Å². The molecule has 1 atom stereocenters. The van der Waals surface area contributed by atoms with Crippen LogP contribution in [0.5, 0.6) is 0 Å². The zero-order valence-corrected chi connectivity index (χ0v) is 13.0. The lowest BCUT2D eigenvalue weighted by Gasteiger charge is -2.28. The van der Waals surface area contributed by atoms with Crippen molar-refractivity contribution in [2.24, 2.45) is 0 Å². The van der Waals surface area contributed by atoms with Crippen LogP contribution in [0.15, 0.2) is 18.2 Å². The molecule has 1 unspecified atom stereocenters. The van der Waals surface area contributed by atoms with Crippen molar-refractivity contribution in [1.29, 1.82) is 0 Å². The van der Waals surface area contributed by atoms with Crippen LogP contribution < -0.4 is 10.2 Å². The van der Waals surface area contributed by atoms with E-state index < -0.39 is 0 Å². The average molecular weight is 281 g/mol. The lowest BCUT2D eigenvalue weighted by molar-refractivity contribution is 0.598. The normalized spacial score (nSPS) is 17.7. The Labute approximate surface area is 122 Å². The van der Waals surface area contributed by atoms with Gasteiger partial charge in [0.1, 0.15) is 0 Å². The number of hydrogen-bond donors (Lipinski definition) is 1. The van der Waals surface area contributed by atoms with Crippen molar-refractivity contribution in [3.63, 3.8) is 0 Å². The third-order valence-corrected chi connectivity index (χ3v) is 4.54. The molecular formula is C16H25ClN2. The van der Waals surface area contributed by atoms with Gasteiger partial charge in [0.15, 0.2) is 0 Å².